The average Bonchev–Trinajstić information content (AvgIpc) is 2.44. The lowest BCUT2D eigenvalue weighted by atomic mass is 10.1. The first-order chi connectivity index (χ1) is 10.7. The number of carbonyl (C=O) groups is 2. The van der Waals surface area contributed by atoms with E-state index in [-0.39, 0.29) is 11.4 Å². The van der Waals surface area contributed by atoms with E-state index in [1.165, 1.54) is 39.2 Å². The lowest BCUT2D eigenvalue weighted by Gasteiger charge is -2.31. The highest BCUT2D eigenvalue weighted by atomic mass is 16.7. The molecule has 122 valence electrons. The summed E-state index contributed by atoms with van der Waals surface area (Å²) in [4.78, 5) is 37.8. The molecular formula is C14H14N2O7. The fourth-order valence-corrected chi connectivity index (χ4v) is 1.89. The lowest BCUT2D eigenvalue weighted by molar-refractivity contribution is -0.384. The highest BCUT2D eigenvalue weighted by Gasteiger charge is 2.42. The van der Waals surface area contributed by atoms with Crippen molar-refractivity contribution in [1.82, 2.24) is 0 Å². The molecule has 9 heteroatoms. The van der Waals surface area contributed by atoms with E-state index < -0.39 is 28.6 Å². The molecule has 0 atom stereocenters. The van der Waals surface area contributed by atoms with Crippen LogP contribution >= 0.6 is 0 Å². The van der Waals surface area contributed by atoms with Crippen molar-refractivity contribution in [3.63, 3.8) is 0 Å². The Morgan fingerprint density at radius 1 is 1.30 bits per heavy atom. The molecule has 0 radical (unpaired) electrons. The van der Waals surface area contributed by atoms with E-state index in [0.717, 1.165) is 6.21 Å². The fourth-order valence-electron chi connectivity index (χ4n) is 1.89. The molecule has 9 nitrogen and oxygen atoms in total. The summed E-state index contributed by atoms with van der Waals surface area (Å²) >= 11 is 0. The highest BCUT2D eigenvalue weighted by molar-refractivity contribution is 6.10. The number of aliphatic imine (C=N–C) groups is 1. The quantitative estimate of drug-likeness (QED) is 0.272. The molecule has 1 heterocycles. The smallest absolute Gasteiger partial charge is 0.329 e. The maximum atomic E-state index is 11.8. The first-order valence-corrected chi connectivity index (χ1v) is 6.56. The molecule has 0 unspecified atom stereocenters. The molecular weight excluding hydrogens is 308 g/mol. The van der Waals surface area contributed by atoms with Gasteiger partial charge in [0.25, 0.3) is 11.5 Å². The Morgan fingerprint density at radius 2 is 1.91 bits per heavy atom. The van der Waals surface area contributed by atoms with Crippen LogP contribution < -0.4 is 4.74 Å². The summed E-state index contributed by atoms with van der Waals surface area (Å²) in [5.74, 6) is -4.05. The molecule has 1 fully saturated rings. The van der Waals surface area contributed by atoms with E-state index in [2.05, 4.69) is 4.99 Å². The van der Waals surface area contributed by atoms with Gasteiger partial charge < -0.3 is 14.2 Å². The summed E-state index contributed by atoms with van der Waals surface area (Å²) in [7, 11) is 1.40. The zero-order valence-corrected chi connectivity index (χ0v) is 12.6. The van der Waals surface area contributed by atoms with Crippen molar-refractivity contribution in [2.24, 2.45) is 10.9 Å². The second-order valence-corrected chi connectivity index (χ2v) is 5.11. The Balaban J connectivity index is 2.31. The number of methoxy groups -OCH3 is 1. The SMILES string of the molecule is COc1ccc([N+](=O)[O-])c(N=CC2C(=O)OC(C)(C)OC2=O)c1. The van der Waals surface area contributed by atoms with E-state index >= 15 is 0 Å². The topological polar surface area (TPSA) is 117 Å². The first-order valence-electron chi connectivity index (χ1n) is 6.56. The van der Waals surface area contributed by atoms with Gasteiger partial charge in [-0.25, -0.2) is 0 Å². The maximum Gasteiger partial charge on any atom is 0.329 e. The number of carbonyl (C=O) groups excluding carboxylic acids is 2. The first kappa shape index (κ1) is 16.4. The molecule has 1 aromatic carbocycles. The average molecular weight is 322 g/mol. The number of esters is 2. The van der Waals surface area contributed by atoms with Gasteiger partial charge in [0.15, 0.2) is 5.92 Å². The number of rotatable bonds is 4. The third kappa shape index (κ3) is 3.62. The summed E-state index contributed by atoms with van der Waals surface area (Å²) in [5.41, 5.74) is -0.347. The Bertz CT molecular complexity index is 676. The molecule has 1 aliphatic heterocycles. The largest absolute Gasteiger partial charge is 0.497 e. The van der Waals surface area contributed by atoms with E-state index in [9.17, 15) is 19.7 Å². The van der Waals surface area contributed by atoms with Crippen LogP contribution in [-0.4, -0.2) is 36.0 Å². The molecule has 0 aliphatic carbocycles. The standard InChI is InChI=1S/C14H14N2O7/c1-14(2)22-12(17)9(13(18)23-14)7-15-10-6-8(21-3)4-5-11(10)16(19)20/h4-7,9H,1-3H3. The number of nitrogens with zero attached hydrogens (tertiary/aromatic N) is 2. The van der Waals surface area contributed by atoms with E-state index in [1.807, 2.05) is 0 Å². The number of nitro benzene ring substituents is 1. The molecule has 0 N–H and O–H groups in total. The molecule has 1 aromatic rings. The van der Waals surface area contributed by atoms with Crippen LogP contribution in [0.2, 0.25) is 0 Å². The van der Waals surface area contributed by atoms with Gasteiger partial charge in [-0.05, 0) is 6.07 Å². The second kappa shape index (κ2) is 6.03. The fraction of sp³-hybridized carbons (Fsp3) is 0.357. The van der Waals surface area contributed by atoms with Crippen molar-refractivity contribution < 1.29 is 28.7 Å². The van der Waals surface area contributed by atoms with Crippen LogP contribution in [0.4, 0.5) is 11.4 Å². The van der Waals surface area contributed by atoms with E-state index in [4.69, 9.17) is 14.2 Å². The summed E-state index contributed by atoms with van der Waals surface area (Å²) in [5, 5.41) is 11.0. The Labute approximate surface area is 131 Å². The summed E-state index contributed by atoms with van der Waals surface area (Å²) in [6.07, 6.45) is 0.960. The predicted octanol–water partition coefficient (Wildman–Crippen LogP) is 1.76. The van der Waals surface area contributed by atoms with Crippen molar-refractivity contribution in [2.75, 3.05) is 7.11 Å². The number of hydrogen-bond acceptors (Lipinski definition) is 8. The third-order valence-electron chi connectivity index (χ3n) is 2.94. The van der Waals surface area contributed by atoms with Gasteiger partial charge in [0, 0.05) is 32.2 Å². The van der Waals surface area contributed by atoms with E-state index in [0.29, 0.717) is 5.75 Å². The van der Waals surface area contributed by atoms with Crippen molar-refractivity contribution in [3.8, 4) is 5.75 Å². The summed E-state index contributed by atoms with van der Waals surface area (Å²) < 4.78 is 14.8. The van der Waals surface area contributed by atoms with Crippen LogP contribution in [0.15, 0.2) is 23.2 Å². The third-order valence-corrected chi connectivity index (χ3v) is 2.94. The molecule has 0 amide bonds. The minimum Gasteiger partial charge on any atom is -0.497 e. The van der Waals surface area contributed by atoms with Crippen molar-refractivity contribution >= 4 is 29.5 Å². The zero-order chi connectivity index (χ0) is 17.2. The lowest BCUT2D eigenvalue weighted by Crippen LogP contribution is -2.46. The molecule has 1 saturated heterocycles. The number of cyclic esters (lactones) is 2. The highest BCUT2D eigenvalue weighted by Crippen LogP contribution is 2.31. The predicted molar refractivity (Wildman–Crippen MR) is 77.6 cm³/mol. The van der Waals surface area contributed by atoms with Gasteiger partial charge in [-0.15, -0.1) is 0 Å². The zero-order valence-electron chi connectivity index (χ0n) is 12.6. The number of ether oxygens (including phenoxy) is 3. The van der Waals surface area contributed by atoms with Crippen molar-refractivity contribution in [1.29, 1.82) is 0 Å². The molecule has 23 heavy (non-hydrogen) atoms. The number of hydrogen-bond donors (Lipinski definition) is 0. The van der Waals surface area contributed by atoms with Gasteiger partial charge in [0.05, 0.1) is 12.0 Å². The molecule has 0 bridgehead atoms. The Hall–Kier alpha value is -2.97. The van der Waals surface area contributed by atoms with Gasteiger partial charge in [-0.3, -0.25) is 24.7 Å². The van der Waals surface area contributed by atoms with Gasteiger partial charge in [0.2, 0.25) is 0 Å². The van der Waals surface area contributed by atoms with Gasteiger partial charge in [-0.2, -0.15) is 0 Å². The molecule has 1 aliphatic rings. The molecule has 2 rings (SSSR count). The molecule has 0 aromatic heterocycles. The van der Waals surface area contributed by atoms with Crippen LogP contribution in [0.25, 0.3) is 0 Å². The van der Waals surface area contributed by atoms with Gasteiger partial charge in [0.1, 0.15) is 11.4 Å². The van der Waals surface area contributed by atoms with Crippen molar-refractivity contribution in [2.45, 2.75) is 19.6 Å². The minimum atomic E-state index is -1.38. The number of nitro groups is 1. The van der Waals surface area contributed by atoms with Crippen LogP contribution in [0, 0.1) is 16.0 Å². The summed E-state index contributed by atoms with van der Waals surface area (Å²) in [6.45, 7) is 2.84. The molecule has 0 spiro atoms. The normalized spacial score (nSPS) is 17.7. The van der Waals surface area contributed by atoms with Gasteiger partial charge in [-0.1, -0.05) is 0 Å². The van der Waals surface area contributed by atoms with Gasteiger partial charge >= 0.3 is 11.9 Å². The Kier molecular flexibility index (Phi) is 4.30. The molecule has 0 saturated carbocycles. The van der Waals surface area contributed by atoms with Crippen LogP contribution in [0.3, 0.4) is 0 Å². The monoisotopic (exact) mass is 322 g/mol. The maximum absolute atomic E-state index is 11.8. The Morgan fingerprint density at radius 3 is 2.43 bits per heavy atom. The summed E-state index contributed by atoms with van der Waals surface area (Å²) in [6, 6.07) is 3.94. The van der Waals surface area contributed by atoms with Crippen molar-refractivity contribution in [3.05, 3.63) is 28.3 Å². The number of benzene rings is 1. The van der Waals surface area contributed by atoms with Crippen LogP contribution in [0.5, 0.6) is 5.75 Å². The van der Waals surface area contributed by atoms with Crippen LogP contribution in [0.1, 0.15) is 13.8 Å². The van der Waals surface area contributed by atoms with Crippen LogP contribution in [-0.2, 0) is 19.1 Å². The van der Waals surface area contributed by atoms with E-state index in [1.54, 1.807) is 0 Å². The second-order valence-electron chi connectivity index (χ2n) is 5.11. The minimum absolute atomic E-state index is 0.0558.